The van der Waals surface area contributed by atoms with Crippen LogP contribution in [0, 0.1) is 0 Å². The van der Waals surface area contributed by atoms with Crippen LogP contribution in [-0.4, -0.2) is 52.9 Å². The fourth-order valence-corrected chi connectivity index (χ4v) is 4.23. The number of aromatic amines is 1. The first-order chi connectivity index (χ1) is 14.6. The van der Waals surface area contributed by atoms with Crippen molar-refractivity contribution in [3.63, 3.8) is 0 Å². The van der Waals surface area contributed by atoms with Gasteiger partial charge in [-0.3, -0.25) is 9.59 Å². The second-order valence-corrected chi connectivity index (χ2v) is 8.44. The molecular weight excluding hydrogens is 422 g/mol. The molecule has 2 aromatic heterocycles. The summed E-state index contributed by atoms with van der Waals surface area (Å²) in [5.41, 5.74) is 1.78. The molecular formula is C21H20ClN5O2S. The van der Waals surface area contributed by atoms with Gasteiger partial charge in [-0.15, -0.1) is 11.3 Å². The maximum Gasteiger partial charge on any atom is 0.264 e. The summed E-state index contributed by atoms with van der Waals surface area (Å²) in [6, 6.07) is 11.2. The second kappa shape index (κ2) is 9.15. The van der Waals surface area contributed by atoms with E-state index in [-0.39, 0.29) is 11.8 Å². The van der Waals surface area contributed by atoms with Crippen molar-refractivity contribution in [3.05, 3.63) is 69.9 Å². The molecule has 1 saturated heterocycles. The fraction of sp³-hybridized carbons (Fsp3) is 0.190. The molecule has 9 heteroatoms. The molecule has 2 amide bonds. The highest BCUT2D eigenvalue weighted by Gasteiger charge is 2.23. The standard InChI is InChI=1S/C21H20ClN5O2S/c22-18-6-5-17(30-18)21(29)27-13-11-26(12-14-27)16-3-1-15(2-4-16)25-20(28)8-7-19-23-9-10-24-19/h1-10H,11-14H2,(H,23,24)(H,25,28). The largest absolute Gasteiger partial charge is 0.368 e. The Morgan fingerprint density at radius 1 is 1.10 bits per heavy atom. The van der Waals surface area contributed by atoms with Crippen molar-refractivity contribution in [2.24, 2.45) is 0 Å². The summed E-state index contributed by atoms with van der Waals surface area (Å²) in [5.74, 6) is 0.437. The minimum atomic E-state index is -0.222. The third kappa shape index (κ3) is 4.90. The van der Waals surface area contributed by atoms with Gasteiger partial charge >= 0.3 is 0 Å². The lowest BCUT2D eigenvalue weighted by Gasteiger charge is -2.36. The van der Waals surface area contributed by atoms with Crippen LogP contribution in [0.2, 0.25) is 4.34 Å². The van der Waals surface area contributed by atoms with E-state index in [9.17, 15) is 9.59 Å². The number of carbonyl (C=O) groups excluding carboxylic acids is 2. The van der Waals surface area contributed by atoms with Gasteiger partial charge in [-0.2, -0.15) is 0 Å². The van der Waals surface area contributed by atoms with E-state index in [2.05, 4.69) is 20.2 Å². The quantitative estimate of drug-likeness (QED) is 0.591. The van der Waals surface area contributed by atoms with Crippen LogP contribution in [0.25, 0.3) is 6.08 Å². The molecule has 0 unspecified atom stereocenters. The number of halogens is 1. The lowest BCUT2D eigenvalue weighted by atomic mass is 10.2. The van der Waals surface area contributed by atoms with Crippen LogP contribution in [0.15, 0.2) is 54.9 Å². The van der Waals surface area contributed by atoms with Crippen LogP contribution < -0.4 is 10.2 Å². The number of nitrogens with one attached hydrogen (secondary N) is 2. The average Bonchev–Trinajstić information content (AvgIpc) is 3.44. The Kier molecular flexibility index (Phi) is 6.15. The van der Waals surface area contributed by atoms with Gasteiger partial charge in [0.05, 0.1) is 9.21 Å². The summed E-state index contributed by atoms with van der Waals surface area (Å²) < 4.78 is 0.626. The maximum absolute atomic E-state index is 12.5. The monoisotopic (exact) mass is 441 g/mol. The van der Waals surface area contributed by atoms with Crippen molar-refractivity contribution in [1.82, 2.24) is 14.9 Å². The van der Waals surface area contributed by atoms with Gasteiger partial charge in [0.2, 0.25) is 5.91 Å². The van der Waals surface area contributed by atoms with Gasteiger partial charge in [0.1, 0.15) is 5.82 Å². The second-order valence-electron chi connectivity index (χ2n) is 6.73. The van der Waals surface area contributed by atoms with Crippen molar-refractivity contribution in [2.45, 2.75) is 0 Å². The van der Waals surface area contributed by atoms with Gasteiger partial charge < -0.3 is 20.1 Å². The molecule has 1 aromatic carbocycles. The summed E-state index contributed by atoms with van der Waals surface area (Å²) in [6.45, 7) is 2.82. The van der Waals surface area contributed by atoms with Crippen LogP contribution in [0.5, 0.6) is 0 Å². The predicted octanol–water partition coefficient (Wildman–Crippen LogP) is 3.74. The van der Waals surface area contributed by atoms with Gasteiger partial charge in [-0.1, -0.05) is 11.6 Å². The molecule has 0 atom stereocenters. The van der Waals surface area contributed by atoms with Crippen molar-refractivity contribution in [1.29, 1.82) is 0 Å². The molecule has 7 nitrogen and oxygen atoms in total. The Morgan fingerprint density at radius 3 is 2.50 bits per heavy atom. The Balaban J connectivity index is 1.29. The van der Waals surface area contributed by atoms with E-state index >= 15 is 0 Å². The van der Waals surface area contributed by atoms with E-state index in [4.69, 9.17) is 11.6 Å². The zero-order chi connectivity index (χ0) is 20.9. The Labute approximate surface area is 183 Å². The molecule has 0 bridgehead atoms. The number of thiophene rings is 1. The van der Waals surface area contributed by atoms with Gasteiger partial charge in [0.25, 0.3) is 5.91 Å². The minimum Gasteiger partial charge on any atom is -0.368 e. The van der Waals surface area contributed by atoms with Crippen molar-refractivity contribution in [2.75, 3.05) is 36.4 Å². The summed E-state index contributed by atoms with van der Waals surface area (Å²) in [5, 5.41) is 2.83. The number of hydrogen-bond donors (Lipinski definition) is 2. The van der Waals surface area contributed by atoms with Gasteiger partial charge in [0.15, 0.2) is 0 Å². The van der Waals surface area contributed by atoms with Gasteiger partial charge in [-0.25, -0.2) is 4.98 Å². The first-order valence-electron chi connectivity index (χ1n) is 9.46. The predicted molar refractivity (Wildman–Crippen MR) is 120 cm³/mol. The van der Waals surface area contributed by atoms with E-state index in [1.807, 2.05) is 29.2 Å². The lowest BCUT2D eigenvalue weighted by Crippen LogP contribution is -2.48. The highest BCUT2D eigenvalue weighted by Crippen LogP contribution is 2.24. The SMILES string of the molecule is O=C(C=Cc1ncc[nH]1)Nc1ccc(N2CCN(C(=O)c3ccc(Cl)s3)CC2)cc1. The first kappa shape index (κ1) is 20.2. The van der Waals surface area contributed by atoms with Crippen LogP contribution in [0.3, 0.4) is 0 Å². The van der Waals surface area contributed by atoms with Gasteiger partial charge in [-0.05, 0) is 42.5 Å². The van der Waals surface area contributed by atoms with Crippen LogP contribution in [-0.2, 0) is 4.79 Å². The zero-order valence-electron chi connectivity index (χ0n) is 16.0. The van der Waals surface area contributed by atoms with Crippen molar-refractivity contribution >= 4 is 52.2 Å². The Bertz CT molecular complexity index is 1040. The number of amides is 2. The summed E-state index contributed by atoms with van der Waals surface area (Å²) >= 11 is 7.25. The molecule has 1 aliphatic heterocycles. The Morgan fingerprint density at radius 2 is 1.87 bits per heavy atom. The summed E-state index contributed by atoms with van der Waals surface area (Å²) in [6.07, 6.45) is 6.38. The molecule has 3 heterocycles. The molecule has 0 aliphatic carbocycles. The van der Waals surface area contributed by atoms with Crippen molar-refractivity contribution in [3.8, 4) is 0 Å². The molecule has 1 aliphatic rings. The Hall–Kier alpha value is -3.10. The smallest absolute Gasteiger partial charge is 0.264 e. The van der Waals surface area contributed by atoms with E-state index in [1.165, 1.54) is 17.4 Å². The number of aromatic nitrogens is 2. The highest BCUT2D eigenvalue weighted by atomic mass is 35.5. The third-order valence-corrected chi connectivity index (χ3v) is 5.98. The van der Waals surface area contributed by atoms with Crippen LogP contribution in [0.1, 0.15) is 15.5 Å². The highest BCUT2D eigenvalue weighted by molar-refractivity contribution is 7.17. The van der Waals surface area contributed by atoms with Crippen LogP contribution in [0.4, 0.5) is 11.4 Å². The number of nitrogens with zero attached hydrogens (tertiary/aromatic N) is 3. The molecule has 1 fully saturated rings. The number of benzene rings is 1. The fourth-order valence-electron chi connectivity index (χ4n) is 3.22. The van der Waals surface area contributed by atoms with Crippen molar-refractivity contribution < 1.29 is 9.59 Å². The summed E-state index contributed by atoms with van der Waals surface area (Å²) in [7, 11) is 0. The molecule has 154 valence electrons. The number of imidazole rings is 1. The zero-order valence-corrected chi connectivity index (χ0v) is 17.6. The van der Waals surface area contributed by atoms with E-state index in [1.54, 1.807) is 30.6 Å². The maximum atomic E-state index is 12.5. The number of carbonyl (C=O) groups is 2. The molecule has 3 aromatic rings. The third-order valence-electron chi connectivity index (χ3n) is 4.76. The topological polar surface area (TPSA) is 81.3 Å². The molecule has 4 rings (SSSR count). The van der Waals surface area contributed by atoms with Crippen LogP contribution >= 0.6 is 22.9 Å². The normalized spacial score (nSPS) is 14.3. The molecule has 0 saturated carbocycles. The van der Waals surface area contributed by atoms with Gasteiger partial charge in [0, 0.05) is 56.0 Å². The molecule has 0 spiro atoms. The molecule has 30 heavy (non-hydrogen) atoms. The van der Waals surface area contributed by atoms with E-state index in [0.29, 0.717) is 28.1 Å². The first-order valence-corrected chi connectivity index (χ1v) is 10.7. The number of H-pyrrole nitrogens is 1. The molecule has 2 N–H and O–H groups in total. The van der Waals surface area contributed by atoms with E-state index in [0.717, 1.165) is 24.5 Å². The van der Waals surface area contributed by atoms with E-state index < -0.39 is 0 Å². The number of anilines is 2. The number of hydrogen-bond acceptors (Lipinski definition) is 5. The minimum absolute atomic E-state index is 0.0345. The summed E-state index contributed by atoms with van der Waals surface area (Å²) in [4.78, 5) is 36.3. The number of rotatable bonds is 5. The average molecular weight is 442 g/mol. The molecule has 0 radical (unpaired) electrons. The number of piperazine rings is 1. The lowest BCUT2D eigenvalue weighted by molar-refractivity contribution is -0.111.